The third-order valence-electron chi connectivity index (χ3n) is 4.25. The lowest BCUT2D eigenvalue weighted by molar-refractivity contribution is -0.897. The second-order valence-electron chi connectivity index (χ2n) is 7.48. The molecule has 6 heteroatoms. The molecule has 0 spiro atoms. The molecule has 1 aliphatic heterocycles. The predicted octanol–water partition coefficient (Wildman–Crippen LogP) is 0.974. The van der Waals surface area contributed by atoms with Crippen LogP contribution < -0.4 is 15.5 Å². The molecule has 3 N–H and O–H groups in total. The summed E-state index contributed by atoms with van der Waals surface area (Å²) < 4.78 is 12.9. The highest BCUT2D eigenvalue weighted by atomic mass is 19.1. The van der Waals surface area contributed by atoms with Crippen molar-refractivity contribution in [2.45, 2.75) is 39.7 Å². The van der Waals surface area contributed by atoms with Crippen LogP contribution in [0.3, 0.4) is 0 Å². The van der Waals surface area contributed by atoms with Crippen molar-refractivity contribution in [1.82, 2.24) is 5.32 Å². The molecular weight excluding hydrogens is 309 g/mol. The zero-order valence-corrected chi connectivity index (χ0v) is 14.6. The van der Waals surface area contributed by atoms with Crippen LogP contribution in [-0.4, -0.2) is 37.5 Å². The Morgan fingerprint density at radius 1 is 1.17 bits per heavy atom. The van der Waals surface area contributed by atoms with Crippen LogP contribution in [-0.2, 0) is 9.59 Å². The Morgan fingerprint density at radius 2 is 1.75 bits per heavy atom. The van der Waals surface area contributed by atoms with Gasteiger partial charge in [0.15, 0.2) is 6.54 Å². The average Bonchev–Trinajstić information content (AvgIpc) is 2.50. The van der Waals surface area contributed by atoms with Crippen LogP contribution >= 0.6 is 0 Å². The Labute approximate surface area is 142 Å². The van der Waals surface area contributed by atoms with Crippen LogP contribution in [0, 0.1) is 11.2 Å². The highest BCUT2D eigenvalue weighted by Gasteiger charge is 2.28. The molecule has 0 aliphatic carbocycles. The van der Waals surface area contributed by atoms with Crippen molar-refractivity contribution in [1.29, 1.82) is 0 Å². The zero-order chi connectivity index (χ0) is 17.7. The third kappa shape index (κ3) is 5.60. The molecule has 0 radical (unpaired) electrons. The maximum atomic E-state index is 12.9. The van der Waals surface area contributed by atoms with Gasteiger partial charge in [0.2, 0.25) is 5.91 Å². The van der Waals surface area contributed by atoms with E-state index in [0.717, 1.165) is 25.9 Å². The number of rotatable bonds is 4. The van der Waals surface area contributed by atoms with Gasteiger partial charge in [-0.1, -0.05) is 20.8 Å². The first kappa shape index (κ1) is 18.4. The van der Waals surface area contributed by atoms with Gasteiger partial charge in [-0.2, -0.15) is 0 Å². The predicted molar refractivity (Wildman–Crippen MR) is 91.2 cm³/mol. The topological polar surface area (TPSA) is 62.6 Å². The van der Waals surface area contributed by atoms with Gasteiger partial charge in [-0.15, -0.1) is 0 Å². The standard InChI is InChI=1S/C18H26FN3O2/c1-18(2,3)17(24)21-15-8-10-22(11-9-15)12-16(23)20-14-6-4-13(19)5-7-14/h4-7,15H,8-12H2,1-3H3,(H,20,23)(H,21,24)/p+1. The molecule has 0 unspecified atom stereocenters. The lowest BCUT2D eigenvalue weighted by atomic mass is 9.94. The van der Waals surface area contributed by atoms with Crippen LogP contribution in [0.25, 0.3) is 0 Å². The number of benzene rings is 1. The summed E-state index contributed by atoms with van der Waals surface area (Å²) in [7, 11) is 0. The van der Waals surface area contributed by atoms with E-state index >= 15 is 0 Å². The number of quaternary nitrogens is 1. The smallest absolute Gasteiger partial charge is 0.279 e. The molecular formula is C18H27FN3O2+. The van der Waals surface area contributed by atoms with Gasteiger partial charge < -0.3 is 15.5 Å². The van der Waals surface area contributed by atoms with Crippen LogP contribution in [0.15, 0.2) is 24.3 Å². The minimum absolute atomic E-state index is 0.0741. The van der Waals surface area contributed by atoms with Crippen molar-refractivity contribution in [3.8, 4) is 0 Å². The van der Waals surface area contributed by atoms with Crippen molar-refractivity contribution in [2.24, 2.45) is 5.41 Å². The minimum atomic E-state index is -0.376. The van der Waals surface area contributed by atoms with Crippen molar-refractivity contribution in [2.75, 3.05) is 25.0 Å². The maximum absolute atomic E-state index is 12.9. The van der Waals surface area contributed by atoms with E-state index in [1.165, 1.54) is 17.0 Å². The van der Waals surface area contributed by atoms with Crippen molar-refractivity contribution >= 4 is 17.5 Å². The summed E-state index contributed by atoms with van der Waals surface area (Å²) >= 11 is 0. The molecule has 0 saturated carbocycles. The fraction of sp³-hybridized carbons (Fsp3) is 0.556. The largest absolute Gasteiger partial charge is 0.352 e. The first-order chi connectivity index (χ1) is 11.2. The average molecular weight is 336 g/mol. The van der Waals surface area contributed by atoms with Crippen molar-refractivity contribution < 1.29 is 18.9 Å². The number of amides is 2. The number of carbonyl (C=O) groups excluding carboxylic acids is 2. The number of nitrogens with one attached hydrogen (secondary N) is 3. The normalized spacial score (nSPS) is 21.2. The maximum Gasteiger partial charge on any atom is 0.279 e. The molecule has 132 valence electrons. The number of carbonyl (C=O) groups is 2. The molecule has 1 aliphatic rings. The van der Waals surface area contributed by atoms with E-state index in [-0.39, 0.29) is 29.1 Å². The van der Waals surface area contributed by atoms with E-state index < -0.39 is 0 Å². The van der Waals surface area contributed by atoms with E-state index in [2.05, 4.69) is 10.6 Å². The third-order valence-corrected chi connectivity index (χ3v) is 4.25. The summed E-state index contributed by atoms with van der Waals surface area (Å²) in [5.41, 5.74) is 0.229. The number of hydrogen-bond acceptors (Lipinski definition) is 2. The molecule has 0 atom stereocenters. The quantitative estimate of drug-likeness (QED) is 0.767. The molecule has 1 aromatic rings. The van der Waals surface area contributed by atoms with Gasteiger partial charge in [-0.25, -0.2) is 4.39 Å². The Balaban J connectivity index is 1.73. The number of likely N-dealkylation sites (tertiary alicyclic amines) is 1. The van der Waals surface area contributed by atoms with Gasteiger partial charge in [0.25, 0.3) is 5.91 Å². The van der Waals surface area contributed by atoms with Gasteiger partial charge >= 0.3 is 0 Å². The highest BCUT2D eigenvalue weighted by Crippen LogP contribution is 2.14. The first-order valence-corrected chi connectivity index (χ1v) is 8.44. The highest BCUT2D eigenvalue weighted by molar-refractivity contribution is 5.91. The van der Waals surface area contributed by atoms with Crippen molar-refractivity contribution in [3.05, 3.63) is 30.1 Å². The molecule has 2 amide bonds. The summed E-state index contributed by atoms with van der Waals surface area (Å²) in [4.78, 5) is 25.3. The monoisotopic (exact) mass is 336 g/mol. The summed E-state index contributed by atoms with van der Waals surface area (Å²) in [6.45, 7) is 7.81. The summed E-state index contributed by atoms with van der Waals surface area (Å²) in [6.07, 6.45) is 1.75. The summed E-state index contributed by atoms with van der Waals surface area (Å²) in [6, 6.07) is 5.95. The number of anilines is 1. The number of piperidine rings is 1. The molecule has 5 nitrogen and oxygen atoms in total. The van der Waals surface area contributed by atoms with Crippen LogP contribution in [0.4, 0.5) is 10.1 Å². The molecule has 2 rings (SSSR count). The van der Waals surface area contributed by atoms with Gasteiger partial charge in [0.05, 0.1) is 13.1 Å². The van der Waals surface area contributed by atoms with E-state index in [1.807, 2.05) is 20.8 Å². The molecule has 1 saturated heterocycles. The molecule has 0 aromatic heterocycles. The van der Waals surface area contributed by atoms with Crippen molar-refractivity contribution in [3.63, 3.8) is 0 Å². The van der Waals surface area contributed by atoms with Crippen LogP contribution in [0.5, 0.6) is 0 Å². The fourth-order valence-electron chi connectivity index (χ4n) is 2.71. The Hall–Kier alpha value is -1.95. The summed E-state index contributed by atoms with van der Waals surface area (Å²) in [5.74, 6) is -0.322. The molecule has 1 aromatic carbocycles. The fourth-order valence-corrected chi connectivity index (χ4v) is 2.71. The van der Waals surface area contributed by atoms with Gasteiger partial charge in [0.1, 0.15) is 5.82 Å². The second-order valence-corrected chi connectivity index (χ2v) is 7.48. The lowest BCUT2D eigenvalue weighted by Crippen LogP contribution is -3.14. The van der Waals surface area contributed by atoms with Crippen LogP contribution in [0.2, 0.25) is 0 Å². The Bertz CT molecular complexity index is 573. The number of halogens is 1. The van der Waals surface area contributed by atoms with Crippen LogP contribution in [0.1, 0.15) is 33.6 Å². The molecule has 0 bridgehead atoms. The molecule has 1 fully saturated rings. The Kier molecular flexibility index (Phi) is 5.94. The first-order valence-electron chi connectivity index (χ1n) is 8.44. The minimum Gasteiger partial charge on any atom is -0.352 e. The van der Waals surface area contributed by atoms with Gasteiger partial charge in [-0.3, -0.25) is 9.59 Å². The SMILES string of the molecule is CC(C)(C)C(=O)NC1CC[NH+](CC(=O)Nc2ccc(F)cc2)CC1. The zero-order valence-electron chi connectivity index (χ0n) is 14.6. The number of hydrogen-bond donors (Lipinski definition) is 3. The second kappa shape index (κ2) is 7.75. The van der Waals surface area contributed by atoms with E-state index in [1.54, 1.807) is 12.1 Å². The molecule has 24 heavy (non-hydrogen) atoms. The van der Waals surface area contributed by atoms with Gasteiger partial charge in [0, 0.05) is 30.0 Å². The lowest BCUT2D eigenvalue weighted by Gasteiger charge is -2.31. The van der Waals surface area contributed by atoms with E-state index in [4.69, 9.17) is 0 Å². The molecule has 1 heterocycles. The van der Waals surface area contributed by atoms with Gasteiger partial charge in [-0.05, 0) is 24.3 Å². The van der Waals surface area contributed by atoms with E-state index in [0.29, 0.717) is 12.2 Å². The van der Waals surface area contributed by atoms with E-state index in [9.17, 15) is 14.0 Å². The Morgan fingerprint density at radius 3 is 2.29 bits per heavy atom. The summed E-state index contributed by atoms with van der Waals surface area (Å²) in [5, 5.41) is 5.87.